The molecule has 0 aromatic carbocycles. The Morgan fingerprint density at radius 2 is 0.689 bits per heavy atom. The molecule has 0 heterocycles. The van der Waals surface area contributed by atoms with Crippen LogP contribution in [0.25, 0.3) is 0 Å². The van der Waals surface area contributed by atoms with E-state index in [1.807, 2.05) is 0 Å². The summed E-state index contributed by atoms with van der Waals surface area (Å²) >= 11 is 0. The van der Waals surface area contributed by atoms with Crippen molar-refractivity contribution in [2.24, 2.45) is 0 Å². The molecule has 0 aliphatic heterocycles. The molecule has 0 aliphatic rings. The van der Waals surface area contributed by atoms with Gasteiger partial charge in [0.2, 0.25) is 0 Å². The SMILES string of the molecule is CCCCCCCCC(CCCCCCCC)OC(=O)OCCCCCCN(CCCCCCOC(=O)OC(CCCCCCCC)CCCCCCCC)CCOCCO. The lowest BCUT2D eigenvalue weighted by Gasteiger charge is -2.22. The largest absolute Gasteiger partial charge is 0.508 e. The molecule has 0 aromatic heterocycles. The standard InChI is InChI=1S/C52H103NO8/c1-5-9-13-17-21-29-37-49(38-30-22-18-14-10-6-2)60-51(55)58-45-35-27-25-33-41-53(43-47-57-48-44-54)42-34-26-28-36-46-59-52(56)61-50(39-31-23-19-15-11-7-3)40-32-24-20-16-12-8-4/h49-50,54H,5-48H2,1-4H3. The molecule has 0 spiro atoms. The molecule has 0 rings (SSSR count). The van der Waals surface area contributed by atoms with Crippen LogP contribution in [0.1, 0.15) is 259 Å². The van der Waals surface area contributed by atoms with Crippen LogP contribution in [0.2, 0.25) is 0 Å². The number of ether oxygens (including phenoxy) is 5. The molecule has 0 aromatic rings. The van der Waals surface area contributed by atoms with Crippen molar-refractivity contribution < 1.29 is 38.4 Å². The molecule has 9 nitrogen and oxygen atoms in total. The van der Waals surface area contributed by atoms with Gasteiger partial charge in [-0.25, -0.2) is 9.59 Å². The van der Waals surface area contributed by atoms with E-state index in [-0.39, 0.29) is 18.8 Å². The fraction of sp³-hybridized carbons (Fsp3) is 0.962. The quantitative estimate of drug-likeness (QED) is 0.0473. The van der Waals surface area contributed by atoms with Crippen LogP contribution >= 0.6 is 0 Å². The first-order valence-corrected chi connectivity index (χ1v) is 26.6. The Morgan fingerprint density at radius 3 is 1.03 bits per heavy atom. The highest BCUT2D eigenvalue weighted by molar-refractivity contribution is 5.60. The summed E-state index contributed by atoms with van der Waals surface area (Å²) in [5.74, 6) is 0. The highest BCUT2D eigenvalue weighted by atomic mass is 16.7. The zero-order chi connectivity index (χ0) is 44.5. The lowest BCUT2D eigenvalue weighted by Crippen LogP contribution is -2.30. The van der Waals surface area contributed by atoms with Gasteiger partial charge < -0.3 is 33.7 Å². The Hall–Kier alpha value is -1.58. The summed E-state index contributed by atoms with van der Waals surface area (Å²) in [5.41, 5.74) is 0. The normalized spacial score (nSPS) is 11.6. The van der Waals surface area contributed by atoms with E-state index < -0.39 is 12.3 Å². The molecule has 1 N–H and O–H groups in total. The van der Waals surface area contributed by atoms with Crippen LogP contribution in [-0.4, -0.2) is 87.2 Å². The minimum atomic E-state index is -0.492. The summed E-state index contributed by atoms with van der Waals surface area (Å²) in [6.07, 6.45) is 40.7. The third-order valence-corrected chi connectivity index (χ3v) is 12.0. The maximum absolute atomic E-state index is 12.6. The monoisotopic (exact) mass is 870 g/mol. The molecule has 0 unspecified atom stereocenters. The molecular weight excluding hydrogens is 767 g/mol. The maximum Gasteiger partial charge on any atom is 0.508 e. The Morgan fingerprint density at radius 1 is 0.377 bits per heavy atom. The third-order valence-electron chi connectivity index (χ3n) is 12.0. The summed E-state index contributed by atoms with van der Waals surface area (Å²) in [6, 6.07) is 0. The lowest BCUT2D eigenvalue weighted by atomic mass is 10.0. The van der Waals surface area contributed by atoms with Gasteiger partial charge >= 0.3 is 12.3 Å². The van der Waals surface area contributed by atoms with Crippen molar-refractivity contribution in [3.8, 4) is 0 Å². The molecule has 0 saturated carbocycles. The first-order chi connectivity index (χ1) is 30.0. The van der Waals surface area contributed by atoms with E-state index in [4.69, 9.17) is 28.8 Å². The summed E-state index contributed by atoms with van der Waals surface area (Å²) < 4.78 is 28.3. The van der Waals surface area contributed by atoms with Gasteiger partial charge in [-0.2, -0.15) is 0 Å². The molecule has 61 heavy (non-hydrogen) atoms. The second-order valence-corrected chi connectivity index (χ2v) is 17.9. The van der Waals surface area contributed by atoms with Gasteiger partial charge in [0.25, 0.3) is 0 Å². The van der Waals surface area contributed by atoms with Gasteiger partial charge in [0, 0.05) is 6.54 Å². The number of aliphatic hydroxyl groups is 1. The van der Waals surface area contributed by atoms with Gasteiger partial charge in [0.15, 0.2) is 0 Å². The van der Waals surface area contributed by atoms with Gasteiger partial charge in [0.1, 0.15) is 12.2 Å². The Bertz CT molecular complexity index is 795. The highest BCUT2D eigenvalue weighted by Gasteiger charge is 2.17. The number of carbonyl (C=O) groups is 2. The zero-order valence-electron chi connectivity index (χ0n) is 41.0. The number of rotatable bonds is 49. The van der Waals surface area contributed by atoms with Gasteiger partial charge in [-0.05, 0) is 90.1 Å². The van der Waals surface area contributed by atoms with Crippen molar-refractivity contribution in [2.75, 3.05) is 52.7 Å². The topological polar surface area (TPSA) is 104 Å². The first kappa shape index (κ1) is 59.4. The fourth-order valence-electron chi connectivity index (χ4n) is 8.06. The number of aliphatic hydroxyl groups excluding tert-OH is 1. The predicted octanol–water partition coefficient (Wildman–Crippen LogP) is 15.5. The smallest absolute Gasteiger partial charge is 0.434 e. The average molecular weight is 870 g/mol. The van der Waals surface area contributed by atoms with Gasteiger partial charge in [-0.1, -0.05) is 182 Å². The number of carbonyl (C=O) groups excluding carboxylic acids is 2. The van der Waals surface area contributed by atoms with Gasteiger partial charge in [0.05, 0.1) is 33.0 Å². The predicted molar refractivity (Wildman–Crippen MR) is 256 cm³/mol. The van der Waals surface area contributed by atoms with E-state index in [1.165, 1.54) is 128 Å². The summed E-state index contributed by atoms with van der Waals surface area (Å²) in [5, 5.41) is 9.13. The Labute approximate surface area is 378 Å². The van der Waals surface area contributed by atoms with E-state index in [0.717, 1.165) is 122 Å². The second kappa shape index (κ2) is 49.4. The van der Waals surface area contributed by atoms with Crippen molar-refractivity contribution >= 4 is 12.3 Å². The molecular formula is C52H103NO8. The number of hydrogen-bond donors (Lipinski definition) is 1. The summed E-state index contributed by atoms with van der Waals surface area (Å²) in [4.78, 5) is 27.7. The van der Waals surface area contributed by atoms with Crippen LogP contribution in [0.3, 0.4) is 0 Å². The van der Waals surface area contributed by atoms with E-state index in [2.05, 4.69) is 32.6 Å². The van der Waals surface area contributed by atoms with Crippen molar-refractivity contribution in [2.45, 2.75) is 271 Å². The molecule has 0 radical (unpaired) electrons. The molecule has 0 atom stereocenters. The highest BCUT2D eigenvalue weighted by Crippen LogP contribution is 2.19. The number of nitrogens with zero attached hydrogens (tertiary/aromatic N) is 1. The minimum absolute atomic E-state index is 0.0220. The van der Waals surface area contributed by atoms with Crippen LogP contribution in [0, 0.1) is 0 Å². The molecule has 0 bridgehead atoms. The molecule has 0 saturated heterocycles. The minimum Gasteiger partial charge on any atom is -0.434 e. The Kier molecular flexibility index (Phi) is 48.2. The van der Waals surface area contributed by atoms with Crippen LogP contribution in [0.5, 0.6) is 0 Å². The second-order valence-electron chi connectivity index (χ2n) is 17.9. The zero-order valence-corrected chi connectivity index (χ0v) is 41.0. The number of unbranched alkanes of at least 4 members (excludes halogenated alkanes) is 26. The van der Waals surface area contributed by atoms with Crippen molar-refractivity contribution in [3.63, 3.8) is 0 Å². The summed E-state index contributed by atoms with van der Waals surface area (Å²) in [6.45, 7) is 13.7. The van der Waals surface area contributed by atoms with E-state index in [1.54, 1.807) is 0 Å². The van der Waals surface area contributed by atoms with Crippen molar-refractivity contribution in [3.05, 3.63) is 0 Å². The van der Waals surface area contributed by atoms with E-state index >= 15 is 0 Å². The van der Waals surface area contributed by atoms with E-state index in [9.17, 15) is 9.59 Å². The first-order valence-electron chi connectivity index (χ1n) is 26.6. The van der Waals surface area contributed by atoms with Gasteiger partial charge in [-0.3, -0.25) is 0 Å². The molecule has 0 fully saturated rings. The molecule has 9 heteroatoms. The maximum atomic E-state index is 12.6. The van der Waals surface area contributed by atoms with Gasteiger partial charge in [-0.15, -0.1) is 0 Å². The molecule has 0 aliphatic carbocycles. The van der Waals surface area contributed by atoms with Crippen LogP contribution in [0.4, 0.5) is 9.59 Å². The molecule has 0 amide bonds. The van der Waals surface area contributed by atoms with Crippen LogP contribution < -0.4 is 0 Å². The number of hydrogen-bond acceptors (Lipinski definition) is 9. The van der Waals surface area contributed by atoms with Crippen LogP contribution in [0.15, 0.2) is 0 Å². The Balaban J connectivity index is 4.43. The van der Waals surface area contributed by atoms with Crippen molar-refractivity contribution in [1.82, 2.24) is 4.90 Å². The lowest BCUT2D eigenvalue weighted by molar-refractivity contribution is 0.0145. The molecule has 364 valence electrons. The third kappa shape index (κ3) is 44.8. The van der Waals surface area contributed by atoms with Crippen molar-refractivity contribution in [1.29, 1.82) is 0 Å². The van der Waals surface area contributed by atoms with Crippen LogP contribution in [-0.2, 0) is 23.7 Å². The average Bonchev–Trinajstić information content (AvgIpc) is 3.25. The fourth-order valence-corrected chi connectivity index (χ4v) is 8.06. The summed E-state index contributed by atoms with van der Waals surface area (Å²) in [7, 11) is 0. The van der Waals surface area contributed by atoms with E-state index in [0.29, 0.717) is 26.4 Å².